The molecule has 0 bridgehead atoms. The zero-order valence-electron chi connectivity index (χ0n) is 5.92. The van der Waals surface area contributed by atoms with Crippen molar-refractivity contribution in [1.82, 2.24) is 0 Å². The Balaban J connectivity index is 0. The Morgan fingerprint density at radius 3 is 1.12 bits per heavy atom. The second-order valence-corrected chi connectivity index (χ2v) is 5.43. The molecule has 52 valence electrons. The van der Waals surface area contributed by atoms with Gasteiger partial charge in [0.05, 0.1) is 18.5 Å². The summed E-state index contributed by atoms with van der Waals surface area (Å²) >= 11 is 0. The smallest absolute Gasteiger partial charge is 0.0313 e. The van der Waals surface area contributed by atoms with Crippen molar-refractivity contribution in [3.05, 3.63) is 0 Å². The molecule has 0 heterocycles. The average Bonchev–Trinajstić information content (AvgIpc) is 1.72. The van der Waals surface area contributed by atoms with Crippen molar-refractivity contribution < 1.29 is 22.4 Å². The van der Waals surface area contributed by atoms with Crippen LogP contribution in [-0.4, -0.2) is 18.5 Å². The minimum atomic E-state index is 0. The van der Waals surface area contributed by atoms with Gasteiger partial charge in [-0.15, -0.1) is 0 Å². The number of hydrogen-bond donors (Lipinski definition) is 0. The Morgan fingerprint density at radius 2 is 1.12 bits per heavy atom. The Morgan fingerprint density at radius 1 is 0.875 bits per heavy atom. The molecule has 0 aromatic rings. The molecule has 0 saturated carbocycles. The summed E-state index contributed by atoms with van der Waals surface area (Å²) in [6.45, 7) is 6.92. The van der Waals surface area contributed by atoms with Crippen molar-refractivity contribution in [2.75, 3.05) is 18.5 Å². The summed E-state index contributed by atoms with van der Waals surface area (Å²) in [6, 6.07) is 0. The first-order valence-corrected chi connectivity index (χ1v) is 5.30. The largest absolute Gasteiger partial charge is 3.00 e. The first kappa shape index (κ1) is 11.9. The van der Waals surface area contributed by atoms with Crippen LogP contribution in [0, 0.1) is 0 Å². The average molecular weight is 316 g/mol. The van der Waals surface area contributed by atoms with Gasteiger partial charge < -0.3 is 0 Å². The van der Waals surface area contributed by atoms with E-state index in [0.29, 0.717) is 0 Å². The van der Waals surface area contributed by atoms with Gasteiger partial charge in [0, 0.05) is 0 Å². The van der Waals surface area contributed by atoms with E-state index < -0.39 is 0 Å². The molecule has 2 heteroatoms. The zero-order chi connectivity index (χ0) is 5.70. The fourth-order valence-corrected chi connectivity index (χ4v) is 2.25. The number of hydrogen-bond acceptors (Lipinski definition) is 0. The van der Waals surface area contributed by atoms with Crippen LogP contribution in [0.4, 0.5) is 0 Å². The van der Waals surface area contributed by atoms with Gasteiger partial charge in [-0.2, -0.15) is 0 Å². The van der Waals surface area contributed by atoms with Gasteiger partial charge in [-0.3, -0.25) is 0 Å². The van der Waals surface area contributed by atoms with Crippen molar-refractivity contribution in [2.24, 2.45) is 0 Å². The van der Waals surface area contributed by atoms with E-state index in [1.807, 2.05) is 0 Å². The van der Waals surface area contributed by atoms with Crippen LogP contribution in [0.1, 0.15) is 20.8 Å². The van der Waals surface area contributed by atoms with Gasteiger partial charge in [0.25, 0.3) is 0 Å². The van der Waals surface area contributed by atoms with E-state index in [4.69, 9.17) is 0 Å². The quantitative estimate of drug-likeness (QED) is 0.553. The molecule has 0 aliphatic carbocycles. The van der Waals surface area contributed by atoms with Crippen molar-refractivity contribution in [1.29, 1.82) is 0 Å². The van der Waals surface area contributed by atoms with Gasteiger partial charge in [-0.1, -0.05) is 0 Å². The van der Waals surface area contributed by atoms with Crippen LogP contribution in [0.15, 0.2) is 0 Å². The van der Waals surface area contributed by atoms with Crippen molar-refractivity contribution >= 4 is 7.92 Å². The molecule has 0 aromatic heterocycles. The van der Waals surface area contributed by atoms with Crippen molar-refractivity contribution in [3.8, 4) is 0 Å². The van der Waals surface area contributed by atoms with Gasteiger partial charge in [-0.25, -0.2) is 0 Å². The molecular weight excluding hydrogens is 300 g/mol. The maximum atomic E-state index is 2.31. The molecule has 0 saturated heterocycles. The van der Waals surface area contributed by atoms with Crippen LogP contribution < -0.4 is 0 Å². The van der Waals surface area contributed by atoms with Crippen LogP contribution in [0.2, 0.25) is 0 Å². The third-order valence-electron chi connectivity index (χ3n) is 1.50. The van der Waals surface area contributed by atoms with Crippen LogP contribution in [0.5, 0.6) is 0 Å². The third kappa shape index (κ3) is 5.31. The minimum absolute atomic E-state index is 0. The van der Waals surface area contributed by atoms with E-state index in [-0.39, 0.29) is 30.3 Å². The molecule has 0 amide bonds. The maximum Gasteiger partial charge on any atom is 3.00 e. The van der Waals surface area contributed by atoms with E-state index in [0.717, 1.165) is 0 Å². The van der Waals surface area contributed by atoms with Crippen LogP contribution >= 0.6 is 7.92 Å². The summed E-state index contributed by atoms with van der Waals surface area (Å²) in [5, 5.41) is 0. The topological polar surface area (TPSA) is 0 Å². The molecule has 0 N–H and O–H groups in total. The van der Waals surface area contributed by atoms with E-state index in [1.165, 1.54) is 18.5 Å². The normalized spacial score (nSPS) is 9.00. The fraction of sp³-hybridized carbons (Fsp3) is 1.00. The summed E-state index contributed by atoms with van der Waals surface area (Å²) in [5.74, 6) is 0. The first-order valence-electron chi connectivity index (χ1n) is 3.18. The molecular formula is C6H16AuP+4. The van der Waals surface area contributed by atoms with E-state index in [9.17, 15) is 0 Å². The third-order valence-corrected chi connectivity index (χ3v) is 4.50. The molecule has 0 atom stereocenters. The monoisotopic (exact) mass is 316 g/mol. The minimum Gasteiger partial charge on any atom is -0.0313 e. The van der Waals surface area contributed by atoms with Gasteiger partial charge >= 0.3 is 22.4 Å². The molecule has 0 aliphatic rings. The van der Waals surface area contributed by atoms with E-state index >= 15 is 0 Å². The van der Waals surface area contributed by atoms with Crippen molar-refractivity contribution in [3.63, 3.8) is 0 Å². The Labute approximate surface area is 69.7 Å². The predicted molar refractivity (Wildman–Crippen MR) is 39.9 cm³/mol. The first-order chi connectivity index (χ1) is 3.35. The van der Waals surface area contributed by atoms with E-state index in [2.05, 4.69) is 20.8 Å². The molecule has 0 fully saturated rings. The Bertz CT molecular complexity index is 30.0. The Hall–Kier alpha value is 1.17. The summed E-state index contributed by atoms with van der Waals surface area (Å²) in [4.78, 5) is 0. The predicted octanol–water partition coefficient (Wildman–Crippen LogP) is 2.26. The molecule has 0 spiro atoms. The summed E-state index contributed by atoms with van der Waals surface area (Å²) in [5.41, 5.74) is 0. The second kappa shape index (κ2) is 8.17. The van der Waals surface area contributed by atoms with Gasteiger partial charge in [0.2, 0.25) is 0 Å². The molecule has 8 heavy (non-hydrogen) atoms. The van der Waals surface area contributed by atoms with Gasteiger partial charge in [0.1, 0.15) is 0 Å². The van der Waals surface area contributed by atoms with Crippen LogP contribution in [0.3, 0.4) is 0 Å². The molecule has 0 aliphatic heterocycles. The molecule has 0 radical (unpaired) electrons. The number of rotatable bonds is 3. The summed E-state index contributed by atoms with van der Waals surface area (Å²) in [6.07, 6.45) is 4.37. The summed E-state index contributed by atoms with van der Waals surface area (Å²) in [7, 11) is 0.137. The molecule has 0 nitrogen and oxygen atoms in total. The van der Waals surface area contributed by atoms with Gasteiger partial charge in [0.15, 0.2) is 0 Å². The van der Waals surface area contributed by atoms with E-state index in [1.54, 1.807) is 0 Å². The zero-order valence-corrected chi connectivity index (χ0v) is 9.09. The maximum absolute atomic E-state index is 2.31. The summed E-state index contributed by atoms with van der Waals surface area (Å²) < 4.78 is 0. The van der Waals surface area contributed by atoms with Crippen LogP contribution in [-0.2, 0) is 22.4 Å². The SMILES string of the molecule is CC[PH+](CC)CC.[Au+3]. The van der Waals surface area contributed by atoms with Crippen molar-refractivity contribution in [2.45, 2.75) is 20.8 Å². The van der Waals surface area contributed by atoms with Crippen LogP contribution in [0.25, 0.3) is 0 Å². The fourth-order valence-electron chi connectivity index (χ4n) is 0.750. The Kier molecular flexibility index (Phi) is 12.2. The standard InChI is InChI=1S/C6H15P.Au/c1-4-7(5-2)6-3;/h4-6H2,1-3H3;/q;+3/p+1. The molecule has 0 rings (SSSR count). The van der Waals surface area contributed by atoms with Gasteiger partial charge in [-0.05, 0) is 28.7 Å². The molecule has 0 aromatic carbocycles. The second-order valence-electron chi connectivity index (χ2n) is 1.81. The molecule has 0 unspecified atom stereocenters.